The second-order valence-electron chi connectivity index (χ2n) is 4.92. The van der Waals surface area contributed by atoms with Gasteiger partial charge in [0.15, 0.2) is 5.78 Å². The molecule has 0 radical (unpaired) electrons. The van der Waals surface area contributed by atoms with Gasteiger partial charge in [-0.2, -0.15) is 0 Å². The average molecular weight is 230 g/mol. The molecule has 0 amide bonds. The van der Waals surface area contributed by atoms with Crippen molar-refractivity contribution in [3.63, 3.8) is 0 Å². The van der Waals surface area contributed by atoms with E-state index in [0.29, 0.717) is 0 Å². The predicted molar refractivity (Wildman–Crippen MR) is 68.5 cm³/mol. The minimum Gasteiger partial charge on any atom is -0.465 e. The molecule has 0 aromatic carbocycles. The van der Waals surface area contributed by atoms with E-state index in [1.807, 2.05) is 31.2 Å². The normalized spacial score (nSPS) is 27.4. The molecule has 1 aromatic rings. The highest BCUT2D eigenvalue weighted by molar-refractivity contribution is 6.03. The zero-order chi connectivity index (χ0) is 12.3. The smallest absolute Gasteiger partial charge is 0.165 e. The van der Waals surface area contributed by atoms with Gasteiger partial charge in [0.25, 0.3) is 0 Å². The molecule has 2 rings (SSSR count). The number of hydrogen-bond donors (Lipinski definition) is 0. The molecular weight excluding hydrogens is 212 g/mol. The van der Waals surface area contributed by atoms with Crippen LogP contribution < -0.4 is 0 Å². The van der Waals surface area contributed by atoms with Crippen LogP contribution in [0.15, 0.2) is 41.0 Å². The first-order chi connectivity index (χ1) is 8.15. The van der Waals surface area contributed by atoms with E-state index in [2.05, 4.69) is 6.58 Å². The van der Waals surface area contributed by atoms with Crippen LogP contribution in [0.4, 0.5) is 0 Å². The fourth-order valence-electron chi connectivity index (χ4n) is 2.48. The van der Waals surface area contributed by atoms with Crippen molar-refractivity contribution in [2.24, 2.45) is 5.41 Å². The van der Waals surface area contributed by atoms with Crippen molar-refractivity contribution in [1.82, 2.24) is 0 Å². The number of rotatable bonds is 3. The van der Waals surface area contributed by atoms with Crippen LogP contribution in [0.1, 0.15) is 38.4 Å². The van der Waals surface area contributed by atoms with Gasteiger partial charge in [0, 0.05) is 5.41 Å². The molecule has 17 heavy (non-hydrogen) atoms. The van der Waals surface area contributed by atoms with Crippen molar-refractivity contribution in [2.75, 3.05) is 0 Å². The molecule has 0 saturated heterocycles. The predicted octanol–water partition coefficient (Wildman–Crippen LogP) is 4.00. The van der Waals surface area contributed by atoms with Gasteiger partial charge in [-0.05, 0) is 49.5 Å². The molecule has 0 N–H and O–H groups in total. The van der Waals surface area contributed by atoms with Gasteiger partial charge in [0.2, 0.25) is 0 Å². The second kappa shape index (κ2) is 4.74. The third kappa shape index (κ3) is 2.41. The highest BCUT2D eigenvalue weighted by Crippen LogP contribution is 2.39. The Morgan fingerprint density at radius 3 is 3.06 bits per heavy atom. The first-order valence-electron chi connectivity index (χ1n) is 6.05. The summed E-state index contributed by atoms with van der Waals surface area (Å²) in [6, 6.07) is 3.71. The number of ketones is 1. The molecule has 90 valence electrons. The summed E-state index contributed by atoms with van der Waals surface area (Å²) in [4.78, 5) is 12.4. The molecule has 1 atom stereocenters. The number of furan rings is 1. The molecule has 1 aliphatic rings. The van der Waals surface area contributed by atoms with Gasteiger partial charge in [0.1, 0.15) is 5.76 Å². The SMILES string of the molecule is C=CC[C@@]1(C)CCC/C(=C/c2ccco2)C1=O. The number of hydrogen-bond acceptors (Lipinski definition) is 2. The molecule has 0 aliphatic heterocycles. The fourth-order valence-corrected chi connectivity index (χ4v) is 2.48. The minimum atomic E-state index is -0.265. The summed E-state index contributed by atoms with van der Waals surface area (Å²) in [5.74, 6) is 1.01. The lowest BCUT2D eigenvalue weighted by Crippen LogP contribution is -2.32. The minimum absolute atomic E-state index is 0.250. The third-order valence-corrected chi connectivity index (χ3v) is 3.47. The molecule has 2 nitrogen and oxygen atoms in total. The van der Waals surface area contributed by atoms with Crippen LogP contribution in [-0.4, -0.2) is 5.78 Å². The summed E-state index contributed by atoms with van der Waals surface area (Å²) >= 11 is 0. The van der Waals surface area contributed by atoms with Gasteiger partial charge in [-0.1, -0.05) is 13.0 Å². The van der Waals surface area contributed by atoms with Crippen molar-refractivity contribution >= 4 is 11.9 Å². The first-order valence-corrected chi connectivity index (χ1v) is 6.05. The van der Waals surface area contributed by atoms with Crippen molar-refractivity contribution in [3.8, 4) is 0 Å². The lowest BCUT2D eigenvalue weighted by atomic mass is 9.70. The highest BCUT2D eigenvalue weighted by atomic mass is 16.3. The van der Waals surface area contributed by atoms with E-state index in [-0.39, 0.29) is 11.2 Å². The number of carbonyl (C=O) groups is 1. The van der Waals surface area contributed by atoms with Crippen LogP contribution in [0.2, 0.25) is 0 Å². The average Bonchev–Trinajstić information content (AvgIpc) is 2.78. The zero-order valence-electron chi connectivity index (χ0n) is 10.2. The van der Waals surface area contributed by atoms with E-state index >= 15 is 0 Å². The van der Waals surface area contributed by atoms with E-state index < -0.39 is 0 Å². The van der Waals surface area contributed by atoms with Crippen molar-refractivity contribution in [3.05, 3.63) is 42.4 Å². The summed E-state index contributed by atoms with van der Waals surface area (Å²) < 4.78 is 5.26. The quantitative estimate of drug-likeness (QED) is 0.580. The monoisotopic (exact) mass is 230 g/mol. The molecule has 2 heteroatoms. The van der Waals surface area contributed by atoms with Gasteiger partial charge in [-0.3, -0.25) is 4.79 Å². The first kappa shape index (κ1) is 11.9. The Hall–Kier alpha value is -1.57. The third-order valence-electron chi connectivity index (χ3n) is 3.47. The molecule has 1 aliphatic carbocycles. The maximum absolute atomic E-state index is 12.4. The van der Waals surface area contributed by atoms with Crippen LogP contribution in [0.5, 0.6) is 0 Å². The lowest BCUT2D eigenvalue weighted by Gasteiger charge is -2.32. The van der Waals surface area contributed by atoms with E-state index in [1.54, 1.807) is 6.26 Å². The number of carbonyl (C=O) groups excluding carboxylic acids is 1. The molecule has 0 bridgehead atoms. The van der Waals surface area contributed by atoms with Crippen molar-refractivity contribution in [2.45, 2.75) is 32.6 Å². The Balaban J connectivity index is 2.25. The largest absolute Gasteiger partial charge is 0.465 e. The van der Waals surface area contributed by atoms with Crippen LogP contribution in [0.25, 0.3) is 6.08 Å². The Bertz CT molecular complexity index is 439. The van der Waals surface area contributed by atoms with Crippen molar-refractivity contribution in [1.29, 1.82) is 0 Å². The fraction of sp³-hybridized carbons (Fsp3) is 0.400. The van der Waals surface area contributed by atoms with E-state index in [9.17, 15) is 4.79 Å². The maximum Gasteiger partial charge on any atom is 0.165 e. The van der Waals surface area contributed by atoms with Gasteiger partial charge in [-0.15, -0.1) is 6.58 Å². The number of Topliss-reactive ketones (excluding diaryl/α,β-unsaturated/α-hetero) is 1. The van der Waals surface area contributed by atoms with Crippen molar-refractivity contribution < 1.29 is 9.21 Å². The van der Waals surface area contributed by atoms with Crippen LogP contribution in [-0.2, 0) is 4.79 Å². The van der Waals surface area contributed by atoms with Crippen LogP contribution in [0.3, 0.4) is 0 Å². The summed E-state index contributed by atoms with van der Waals surface area (Å²) in [7, 11) is 0. The molecule has 1 saturated carbocycles. The Kier molecular flexibility index (Phi) is 3.32. The Labute approximate surface area is 102 Å². The summed E-state index contributed by atoms with van der Waals surface area (Å²) in [6.45, 7) is 5.78. The summed E-state index contributed by atoms with van der Waals surface area (Å²) in [5.41, 5.74) is 0.619. The highest BCUT2D eigenvalue weighted by Gasteiger charge is 2.36. The summed E-state index contributed by atoms with van der Waals surface area (Å²) in [6.07, 6.45) is 8.96. The molecule has 0 spiro atoms. The standard InChI is InChI=1S/C15H18O2/c1-3-8-15(2)9-4-6-12(14(15)16)11-13-7-5-10-17-13/h3,5,7,10-11H,1,4,6,8-9H2,2H3/b12-11-/t15-/m0/s1. The molecule has 0 unspecified atom stereocenters. The topological polar surface area (TPSA) is 30.2 Å². The van der Waals surface area contributed by atoms with E-state index in [4.69, 9.17) is 4.42 Å². The number of allylic oxidation sites excluding steroid dienone is 2. The summed E-state index contributed by atoms with van der Waals surface area (Å²) in [5, 5.41) is 0. The maximum atomic E-state index is 12.4. The zero-order valence-corrected chi connectivity index (χ0v) is 10.2. The van der Waals surface area contributed by atoms with E-state index in [1.165, 1.54) is 0 Å². The Morgan fingerprint density at radius 2 is 2.41 bits per heavy atom. The molecule has 1 fully saturated rings. The second-order valence-corrected chi connectivity index (χ2v) is 4.92. The van der Waals surface area contributed by atoms with Crippen LogP contribution in [0, 0.1) is 5.41 Å². The van der Waals surface area contributed by atoms with Crippen LogP contribution >= 0.6 is 0 Å². The van der Waals surface area contributed by atoms with Gasteiger partial charge >= 0.3 is 0 Å². The molecule has 1 aromatic heterocycles. The lowest BCUT2D eigenvalue weighted by molar-refractivity contribution is -0.125. The van der Waals surface area contributed by atoms with Gasteiger partial charge in [0.05, 0.1) is 6.26 Å². The Morgan fingerprint density at radius 1 is 1.59 bits per heavy atom. The van der Waals surface area contributed by atoms with Gasteiger partial charge in [-0.25, -0.2) is 0 Å². The molecular formula is C15H18O2. The van der Waals surface area contributed by atoms with E-state index in [0.717, 1.165) is 37.0 Å². The van der Waals surface area contributed by atoms with Gasteiger partial charge < -0.3 is 4.42 Å². The molecule has 1 heterocycles.